The number of nitrogens with one attached hydrogen (secondary N) is 3. The molecular weight excluding hydrogens is 374 g/mol. The molecule has 2 rings (SSSR count). The lowest BCUT2D eigenvalue weighted by atomic mass is 9.86. The molecule has 1 saturated carbocycles. The predicted molar refractivity (Wildman–Crippen MR) is 107 cm³/mol. The van der Waals surface area contributed by atoms with Gasteiger partial charge in [0.05, 0.1) is 0 Å². The molecule has 2 atom stereocenters. The van der Waals surface area contributed by atoms with Crippen molar-refractivity contribution < 1.29 is 23.9 Å². The summed E-state index contributed by atoms with van der Waals surface area (Å²) in [7, 11) is 0. The van der Waals surface area contributed by atoms with Gasteiger partial charge in [-0.05, 0) is 30.4 Å². The lowest BCUT2D eigenvalue weighted by Crippen LogP contribution is -2.48. The van der Waals surface area contributed by atoms with Crippen molar-refractivity contribution in [2.75, 3.05) is 6.61 Å². The van der Waals surface area contributed by atoms with Crippen LogP contribution in [0.5, 0.6) is 0 Å². The van der Waals surface area contributed by atoms with Crippen molar-refractivity contribution in [2.24, 2.45) is 5.92 Å². The van der Waals surface area contributed by atoms with Gasteiger partial charge < -0.3 is 15.4 Å². The highest BCUT2D eigenvalue weighted by molar-refractivity contribution is 6.00. The van der Waals surface area contributed by atoms with E-state index in [-0.39, 0.29) is 11.7 Å². The van der Waals surface area contributed by atoms with Crippen LogP contribution in [0.3, 0.4) is 0 Å². The van der Waals surface area contributed by atoms with Crippen LogP contribution in [0.15, 0.2) is 36.0 Å². The summed E-state index contributed by atoms with van der Waals surface area (Å²) in [4.78, 5) is 47.5. The third kappa shape index (κ3) is 7.77. The molecule has 156 valence electrons. The maximum atomic E-state index is 12.2. The van der Waals surface area contributed by atoms with Crippen LogP contribution in [0, 0.1) is 5.92 Å². The van der Waals surface area contributed by atoms with Crippen molar-refractivity contribution in [1.82, 2.24) is 16.0 Å². The van der Waals surface area contributed by atoms with Crippen LogP contribution < -0.4 is 16.0 Å². The fraction of sp³-hybridized carbons (Fsp3) is 0.429. The van der Waals surface area contributed by atoms with Crippen molar-refractivity contribution in [3.05, 3.63) is 41.6 Å². The van der Waals surface area contributed by atoms with Gasteiger partial charge in [-0.3, -0.25) is 14.9 Å². The number of hydrogen-bond acceptors (Lipinski definition) is 5. The molecule has 0 aromatic heterocycles. The summed E-state index contributed by atoms with van der Waals surface area (Å²) in [6, 6.07) is 8.29. The van der Waals surface area contributed by atoms with Crippen LogP contribution in [0.25, 0.3) is 6.08 Å². The summed E-state index contributed by atoms with van der Waals surface area (Å²) in [5.74, 6) is -1.72. The third-order valence-corrected chi connectivity index (χ3v) is 4.66. The SMILES string of the molecule is CC(=O)N/C(=C\c1ccccc1)C(=O)OCC(=O)NC(=O)N[C@H]1CCCC[C@H]1C. The number of imide groups is 1. The number of benzene rings is 1. The van der Waals surface area contributed by atoms with Crippen molar-refractivity contribution in [2.45, 2.75) is 45.6 Å². The average molecular weight is 401 g/mol. The Bertz CT molecular complexity index is 776. The van der Waals surface area contributed by atoms with Crippen molar-refractivity contribution in [3.8, 4) is 0 Å². The standard InChI is InChI=1S/C21H27N3O5/c1-14-8-6-7-11-17(14)23-21(28)24-19(26)13-29-20(27)18(22-15(2)25)12-16-9-4-3-5-10-16/h3-5,9-10,12,14,17H,6-8,11,13H2,1-2H3,(H,22,25)(H2,23,24,26,28)/b18-12-/t14-,17+/m1/s1. The second-order valence-corrected chi connectivity index (χ2v) is 7.12. The van der Waals surface area contributed by atoms with E-state index >= 15 is 0 Å². The van der Waals surface area contributed by atoms with Crippen molar-refractivity contribution in [3.63, 3.8) is 0 Å². The molecule has 0 saturated heterocycles. The van der Waals surface area contributed by atoms with E-state index in [4.69, 9.17) is 4.74 Å². The highest BCUT2D eigenvalue weighted by atomic mass is 16.5. The Morgan fingerprint density at radius 3 is 2.41 bits per heavy atom. The van der Waals surface area contributed by atoms with Gasteiger partial charge in [0.2, 0.25) is 5.91 Å². The second kappa shape index (κ2) is 11.0. The van der Waals surface area contributed by atoms with Crippen LogP contribution in [0.1, 0.15) is 45.1 Å². The Kier molecular flexibility index (Phi) is 8.39. The van der Waals surface area contributed by atoms with Crippen LogP contribution in [-0.4, -0.2) is 36.5 Å². The molecule has 29 heavy (non-hydrogen) atoms. The molecule has 0 radical (unpaired) electrons. The Morgan fingerprint density at radius 2 is 1.76 bits per heavy atom. The number of esters is 1. The van der Waals surface area contributed by atoms with Gasteiger partial charge in [0.25, 0.3) is 5.91 Å². The van der Waals surface area contributed by atoms with E-state index in [1.807, 2.05) is 6.07 Å². The van der Waals surface area contributed by atoms with Gasteiger partial charge in [-0.2, -0.15) is 0 Å². The topological polar surface area (TPSA) is 114 Å². The summed E-state index contributed by atoms with van der Waals surface area (Å²) in [6.07, 6.45) is 5.54. The Hall–Kier alpha value is -3.16. The third-order valence-electron chi connectivity index (χ3n) is 4.66. The first-order valence-corrected chi connectivity index (χ1v) is 9.67. The first-order chi connectivity index (χ1) is 13.8. The molecule has 0 unspecified atom stereocenters. The van der Waals surface area contributed by atoms with Crippen molar-refractivity contribution >= 4 is 29.9 Å². The molecule has 1 aromatic carbocycles. The van der Waals surface area contributed by atoms with Gasteiger partial charge in [-0.1, -0.05) is 50.1 Å². The number of carbonyl (C=O) groups excluding carboxylic acids is 4. The molecule has 1 aromatic rings. The first-order valence-electron chi connectivity index (χ1n) is 9.67. The number of hydrogen-bond donors (Lipinski definition) is 3. The minimum absolute atomic E-state index is 0.0271. The molecular formula is C21H27N3O5. The Morgan fingerprint density at radius 1 is 1.07 bits per heavy atom. The number of carbonyl (C=O) groups is 4. The number of ether oxygens (including phenoxy) is 1. The largest absolute Gasteiger partial charge is 0.451 e. The molecule has 4 amide bonds. The molecule has 0 bridgehead atoms. The normalized spacial score (nSPS) is 19.0. The van der Waals surface area contributed by atoms with E-state index in [2.05, 4.69) is 22.9 Å². The lowest BCUT2D eigenvalue weighted by molar-refractivity contribution is -0.145. The highest BCUT2D eigenvalue weighted by Crippen LogP contribution is 2.23. The van der Waals surface area contributed by atoms with E-state index < -0.39 is 30.4 Å². The second-order valence-electron chi connectivity index (χ2n) is 7.12. The maximum absolute atomic E-state index is 12.2. The van der Waals surface area contributed by atoms with Gasteiger partial charge in [0.1, 0.15) is 5.70 Å². The summed E-state index contributed by atoms with van der Waals surface area (Å²) in [6.45, 7) is 2.68. The summed E-state index contributed by atoms with van der Waals surface area (Å²) < 4.78 is 4.94. The van der Waals surface area contributed by atoms with Gasteiger partial charge >= 0.3 is 12.0 Å². The molecule has 1 fully saturated rings. The molecule has 0 heterocycles. The Balaban J connectivity index is 1.86. The van der Waals surface area contributed by atoms with E-state index in [1.54, 1.807) is 24.3 Å². The van der Waals surface area contributed by atoms with Gasteiger partial charge in [0, 0.05) is 13.0 Å². The molecule has 8 nitrogen and oxygen atoms in total. The zero-order chi connectivity index (χ0) is 21.2. The van der Waals surface area contributed by atoms with Crippen LogP contribution in [0.2, 0.25) is 0 Å². The Labute approximate surface area is 170 Å². The van der Waals surface area contributed by atoms with Crippen LogP contribution in [-0.2, 0) is 19.1 Å². The molecule has 0 aliphatic heterocycles. The lowest BCUT2D eigenvalue weighted by Gasteiger charge is -2.29. The highest BCUT2D eigenvalue weighted by Gasteiger charge is 2.23. The number of rotatable bonds is 6. The van der Waals surface area contributed by atoms with E-state index in [0.717, 1.165) is 25.7 Å². The van der Waals surface area contributed by atoms with E-state index in [9.17, 15) is 19.2 Å². The number of amides is 4. The molecule has 8 heteroatoms. The summed E-state index contributed by atoms with van der Waals surface area (Å²) >= 11 is 0. The average Bonchev–Trinajstić information content (AvgIpc) is 2.68. The minimum Gasteiger partial charge on any atom is -0.451 e. The van der Waals surface area contributed by atoms with Crippen LogP contribution >= 0.6 is 0 Å². The summed E-state index contributed by atoms with van der Waals surface area (Å²) in [5.41, 5.74) is 0.579. The minimum atomic E-state index is -0.875. The van der Waals surface area contributed by atoms with Crippen molar-refractivity contribution in [1.29, 1.82) is 0 Å². The fourth-order valence-corrected chi connectivity index (χ4v) is 3.16. The quantitative estimate of drug-likeness (QED) is 0.499. The summed E-state index contributed by atoms with van der Waals surface area (Å²) in [5, 5.41) is 7.34. The molecule has 1 aliphatic carbocycles. The van der Waals surface area contributed by atoms with Crippen LogP contribution in [0.4, 0.5) is 4.79 Å². The van der Waals surface area contributed by atoms with Gasteiger partial charge in [-0.25, -0.2) is 9.59 Å². The zero-order valence-electron chi connectivity index (χ0n) is 16.7. The van der Waals surface area contributed by atoms with E-state index in [1.165, 1.54) is 13.0 Å². The smallest absolute Gasteiger partial charge is 0.355 e. The molecule has 3 N–H and O–H groups in total. The molecule has 0 spiro atoms. The zero-order valence-corrected chi connectivity index (χ0v) is 16.7. The van der Waals surface area contributed by atoms with Gasteiger partial charge in [0.15, 0.2) is 6.61 Å². The predicted octanol–water partition coefficient (Wildman–Crippen LogP) is 2.11. The maximum Gasteiger partial charge on any atom is 0.355 e. The van der Waals surface area contributed by atoms with Gasteiger partial charge in [-0.15, -0.1) is 0 Å². The fourth-order valence-electron chi connectivity index (χ4n) is 3.16. The van der Waals surface area contributed by atoms with E-state index in [0.29, 0.717) is 11.5 Å². The number of urea groups is 1. The first kappa shape index (κ1) is 22.1. The molecule has 1 aliphatic rings. The monoisotopic (exact) mass is 401 g/mol.